The number of carbonyl (C=O) groups is 1. The third-order valence-corrected chi connectivity index (χ3v) is 6.79. The molecule has 0 fully saturated rings. The number of hydrogen-bond acceptors (Lipinski definition) is 7. The first-order valence-corrected chi connectivity index (χ1v) is 12.9. The van der Waals surface area contributed by atoms with E-state index in [1.807, 2.05) is 29.7 Å². The highest BCUT2D eigenvalue weighted by atomic mass is 79.9. The maximum Gasteiger partial charge on any atom is 0.339 e. The molecular weight excluding hydrogens is 540 g/mol. The molecule has 4 aromatic rings. The number of ether oxygens (including phenoxy) is 2. The lowest BCUT2D eigenvalue weighted by atomic mass is 10.1. The largest absolute Gasteiger partial charge is 0.477 e. The molecule has 0 saturated carbocycles. The fourth-order valence-corrected chi connectivity index (χ4v) is 4.73. The van der Waals surface area contributed by atoms with Gasteiger partial charge < -0.3 is 24.3 Å². The van der Waals surface area contributed by atoms with Crippen LogP contribution in [0, 0.1) is 5.92 Å². The first kappa shape index (κ1) is 26.5. The van der Waals surface area contributed by atoms with Crippen LogP contribution in [0.4, 0.5) is 5.95 Å². The Hall–Kier alpha value is -3.60. The highest BCUT2D eigenvalue weighted by Gasteiger charge is 2.20. The number of halogens is 1. The van der Waals surface area contributed by atoms with Gasteiger partial charge in [0, 0.05) is 30.8 Å². The van der Waals surface area contributed by atoms with Crippen LogP contribution in [0.15, 0.2) is 45.9 Å². The van der Waals surface area contributed by atoms with E-state index >= 15 is 0 Å². The second-order valence-electron chi connectivity index (χ2n) is 9.04. The fourth-order valence-electron chi connectivity index (χ4n) is 4.38. The zero-order chi connectivity index (χ0) is 26.7. The number of aryl methyl sites for hydroxylation is 2. The number of aromatic nitrogens is 5. The molecular formula is C26H31BrN6O4. The van der Waals surface area contributed by atoms with Gasteiger partial charge in [-0.15, -0.1) is 0 Å². The van der Waals surface area contributed by atoms with Crippen LogP contribution >= 0.6 is 15.9 Å². The van der Waals surface area contributed by atoms with Gasteiger partial charge in [-0.3, -0.25) is 4.79 Å². The number of anilines is 1. The molecule has 0 spiro atoms. The summed E-state index contributed by atoms with van der Waals surface area (Å²) < 4.78 is 17.1. The number of esters is 1. The lowest BCUT2D eigenvalue weighted by Crippen LogP contribution is -2.20. The van der Waals surface area contributed by atoms with Crippen molar-refractivity contribution >= 4 is 38.9 Å². The van der Waals surface area contributed by atoms with Gasteiger partial charge >= 0.3 is 5.97 Å². The second-order valence-corrected chi connectivity index (χ2v) is 9.95. The maximum atomic E-state index is 12.9. The van der Waals surface area contributed by atoms with Crippen molar-refractivity contribution in [3.05, 3.63) is 57.0 Å². The summed E-state index contributed by atoms with van der Waals surface area (Å²) in [5, 5.41) is 4.39. The van der Waals surface area contributed by atoms with E-state index in [-0.39, 0.29) is 11.1 Å². The lowest BCUT2D eigenvalue weighted by Gasteiger charge is -2.15. The summed E-state index contributed by atoms with van der Waals surface area (Å²) in [5.74, 6) is 0.823. The summed E-state index contributed by atoms with van der Waals surface area (Å²) in [4.78, 5) is 29.5. The smallest absolute Gasteiger partial charge is 0.339 e. The van der Waals surface area contributed by atoms with Gasteiger partial charge in [-0.1, -0.05) is 22.9 Å². The van der Waals surface area contributed by atoms with Crippen LogP contribution < -0.4 is 16.0 Å². The molecule has 0 saturated heterocycles. The van der Waals surface area contributed by atoms with Crippen LogP contribution in [-0.2, 0) is 24.9 Å². The average Bonchev–Trinajstić information content (AvgIpc) is 3.42. The SMILES string of the molecule is CCn1ncc(-c2cc(C(=O)OC)cn(C)c2=O)c1OCCC[C@@H](C)Cn1c(N)nc2ccc(Br)cc21. The Morgan fingerprint density at radius 3 is 2.76 bits per heavy atom. The predicted molar refractivity (Wildman–Crippen MR) is 146 cm³/mol. The summed E-state index contributed by atoms with van der Waals surface area (Å²) in [6.45, 7) is 5.89. The quantitative estimate of drug-likeness (QED) is 0.223. The van der Waals surface area contributed by atoms with Gasteiger partial charge in [0.2, 0.25) is 11.8 Å². The van der Waals surface area contributed by atoms with Crippen LogP contribution in [-0.4, -0.2) is 43.6 Å². The maximum absolute atomic E-state index is 12.9. The van der Waals surface area contributed by atoms with Gasteiger partial charge in [0.25, 0.3) is 5.56 Å². The monoisotopic (exact) mass is 570 g/mol. The zero-order valence-electron chi connectivity index (χ0n) is 21.4. The van der Waals surface area contributed by atoms with E-state index in [9.17, 15) is 9.59 Å². The number of methoxy groups -OCH3 is 1. The molecule has 0 aliphatic carbocycles. The molecule has 4 rings (SSSR count). The molecule has 196 valence electrons. The number of benzene rings is 1. The minimum Gasteiger partial charge on any atom is -0.477 e. The summed E-state index contributed by atoms with van der Waals surface area (Å²) in [7, 11) is 2.90. The number of imidazole rings is 1. The standard InChI is InChI=1S/C26H31BrN6O4/c1-5-33-24(20(13-29-33)19-11-17(25(35)36-4)15-31(3)23(19)34)37-10-6-7-16(2)14-32-22-12-18(27)8-9-21(22)30-26(32)28/h8-9,11-13,15-16H,5-7,10,14H2,1-4H3,(H2,28,30)/t16-/m1/s1. The molecule has 1 atom stereocenters. The number of pyridine rings is 1. The first-order valence-electron chi connectivity index (χ1n) is 12.1. The van der Waals surface area contributed by atoms with Crippen LogP contribution in [0.5, 0.6) is 5.88 Å². The minimum atomic E-state index is -0.519. The Morgan fingerprint density at radius 2 is 2.03 bits per heavy atom. The van der Waals surface area contributed by atoms with Crippen LogP contribution in [0.2, 0.25) is 0 Å². The average molecular weight is 571 g/mol. The minimum absolute atomic E-state index is 0.251. The van der Waals surface area contributed by atoms with Gasteiger partial charge in [0.1, 0.15) is 0 Å². The molecule has 0 amide bonds. The highest BCUT2D eigenvalue weighted by molar-refractivity contribution is 9.10. The van der Waals surface area contributed by atoms with Crippen molar-refractivity contribution in [3.63, 3.8) is 0 Å². The van der Waals surface area contributed by atoms with Gasteiger partial charge in [0.05, 0.1) is 47.6 Å². The van der Waals surface area contributed by atoms with E-state index in [4.69, 9.17) is 15.2 Å². The molecule has 0 unspecified atom stereocenters. The molecule has 3 aromatic heterocycles. The lowest BCUT2D eigenvalue weighted by molar-refractivity contribution is 0.0599. The van der Waals surface area contributed by atoms with E-state index in [2.05, 4.69) is 32.9 Å². The van der Waals surface area contributed by atoms with E-state index in [0.717, 1.165) is 34.9 Å². The van der Waals surface area contributed by atoms with Crippen molar-refractivity contribution in [3.8, 4) is 17.0 Å². The number of nitrogen functional groups attached to an aromatic ring is 1. The van der Waals surface area contributed by atoms with Gasteiger partial charge in [-0.2, -0.15) is 5.10 Å². The zero-order valence-corrected chi connectivity index (χ0v) is 23.0. The first-order chi connectivity index (χ1) is 17.7. The Kier molecular flexibility index (Phi) is 8.01. The number of nitrogens with two attached hydrogens (primary N) is 1. The van der Waals surface area contributed by atoms with Crippen molar-refractivity contribution < 1.29 is 14.3 Å². The molecule has 11 heteroatoms. The summed E-state index contributed by atoms with van der Waals surface area (Å²) in [6, 6.07) is 7.46. The van der Waals surface area contributed by atoms with Crippen molar-refractivity contribution in [1.29, 1.82) is 0 Å². The highest BCUT2D eigenvalue weighted by Crippen LogP contribution is 2.29. The van der Waals surface area contributed by atoms with Gasteiger partial charge in [-0.05, 0) is 49.9 Å². The van der Waals surface area contributed by atoms with E-state index in [1.54, 1.807) is 17.9 Å². The molecule has 0 bridgehead atoms. The molecule has 0 radical (unpaired) electrons. The van der Waals surface area contributed by atoms with Gasteiger partial charge in [0.15, 0.2) is 0 Å². The Morgan fingerprint density at radius 1 is 1.24 bits per heavy atom. The molecule has 3 heterocycles. The van der Waals surface area contributed by atoms with Crippen LogP contribution in [0.3, 0.4) is 0 Å². The van der Waals surface area contributed by atoms with E-state index < -0.39 is 5.97 Å². The van der Waals surface area contributed by atoms with E-state index in [0.29, 0.717) is 42.0 Å². The molecule has 2 N–H and O–H groups in total. The summed E-state index contributed by atoms with van der Waals surface area (Å²) in [6.07, 6.45) is 4.76. The van der Waals surface area contributed by atoms with Gasteiger partial charge in [-0.25, -0.2) is 14.5 Å². The van der Waals surface area contributed by atoms with Crippen molar-refractivity contribution in [1.82, 2.24) is 23.9 Å². The number of carbonyl (C=O) groups excluding carboxylic acids is 1. The third kappa shape index (κ3) is 5.56. The Balaban J connectivity index is 1.46. The normalized spacial score (nSPS) is 12.1. The fraction of sp³-hybridized carbons (Fsp3) is 0.385. The van der Waals surface area contributed by atoms with Crippen molar-refractivity contribution in [2.24, 2.45) is 13.0 Å². The molecule has 37 heavy (non-hydrogen) atoms. The summed E-state index contributed by atoms with van der Waals surface area (Å²) >= 11 is 3.52. The number of nitrogens with zero attached hydrogens (tertiary/aromatic N) is 5. The van der Waals surface area contributed by atoms with Crippen LogP contribution in [0.1, 0.15) is 37.0 Å². The number of rotatable bonds is 10. The number of hydrogen-bond donors (Lipinski definition) is 1. The third-order valence-electron chi connectivity index (χ3n) is 6.30. The molecule has 0 aliphatic rings. The van der Waals surface area contributed by atoms with Crippen molar-refractivity contribution in [2.75, 3.05) is 19.5 Å². The Bertz CT molecular complexity index is 1490. The predicted octanol–water partition coefficient (Wildman–Crippen LogP) is 4.25. The topological polar surface area (TPSA) is 119 Å². The Labute approximate surface area is 223 Å². The summed E-state index contributed by atoms with van der Waals surface area (Å²) in [5.41, 5.74) is 8.97. The molecule has 0 aliphatic heterocycles. The second kappa shape index (κ2) is 11.2. The van der Waals surface area contributed by atoms with Crippen molar-refractivity contribution in [2.45, 2.75) is 39.8 Å². The molecule has 1 aromatic carbocycles. The van der Waals surface area contributed by atoms with Crippen LogP contribution in [0.25, 0.3) is 22.2 Å². The number of fused-ring (bicyclic) bond motifs is 1. The molecule has 10 nitrogen and oxygen atoms in total. The van der Waals surface area contributed by atoms with E-state index in [1.165, 1.54) is 23.9 Å².